The molecule has 0 aliphatic heterocycles. The largest absolute Gasteiger partial charge is 0.468 e. The van der Waals surface area contributed by atoms with Crippen LogP contribution in [-0.2, 0) is 4.74 Å². The fourth-order valence-electron chi connectivity index (χ4n) is 3.23. The van der Waals surface area contributed by atoms with Crippen LogP contribution >= 0.6 is 0 Å². The van der Waals surface area contributed by atoms with Gasteiger partial charge in [-0.1, -0.05) is 26.2 Å². The van der Waals surface area contributed by atoms with E-state index in [-0.39, 0.29) is 12.1 Å². The second-order valence-electron chi connectivity index (χ2n) is 5.37. The van der Waals surface area contributed by atoms with E-state index in [9.17, 15) is 0 Å². The maximum atomic E-state index is 6.10. The van der Waals surface area contributed by atoms with Crippen LogP contribution in [0.1, 0.15) is 57.8 Å². The lowest BCUT2D eigenvalue weighted by atomic mass is 9.82. The van der Waals surface area contributed by atoms with Crippen LogP contribution in [0.25, 0.3) is 0 Å². The van der Waals surface area contributed by atoms with Crippen molar-refractivity contribution >= 4 is 0 Å². The summed E-state index contributed by atoms with van der Waals surface area (Å²) in [5, 5.41) is 3.55. The Hall–Kier alpha value is -0.800. The first-order valence-electron chi connectivity index (χ1n) is 7.75. The van der Waals surface area contributed by atoms with Crippen molar-refractivity contribution in [2.75, 3.05) is 13.2 Å². The third kappa shape index (κ3) is 3.83. The van der Waals surface area contributed by atoms with Crippen molar-refractivity contribution in [1.29, 1.82) is 0 Å². The van der Waals surface area contributed by atoms with Gasteiger partial charge >= 0.3 is 0 Å². The van der Waals surface area contributed by atoms with Crippen LogP contribution in [0, 0.1) is 5.92 Å². The van der Waals surface area contributed by atoms with E-state index < -0.39 is 0 Å². The molecule has 0 amide bonds. The molecule has 1 aromatic heterocycles. The molecule has 1 N–H and O–H groups in total. The Labute approximate surface area is 116 Å². The third-order valence-electron chi connectivity index (χ3n) is 4.08. The molecule has 0 aromatic carbocycles. The van der Waals surface area contributed by atoms with Crippen molar-refractivity contribution in [3.8, 4) is 0 Å². The van der Waals surface area contributed by atoms with E-state index in [0.29, 0.717) is 5.92 Å². The predicted octanol–water partition coefficient (Wildman–Crippen LogP) is 3.92. The molecule has 3 nitrogen and oxygen atoms in total. The minimum absolute atomic E-state index is 0.183. The second-order valence-corrected chi connectivity index (χ2v) is 5.37. The molecule has 0 bridgehead atoms. The van der Waals surface area contributed by atoms with Gasteiger partial charge in [0.15, 0.2) is 0 Å². The zero-order chi connectivity index (χ0) is 13.5. The van der Waals surface area contributed by atoms with Gasteiger partial charge in [-0.2, -0.15) is 0 Å². The molecule has 0 radical (unpaired) electrons. The van der Waals surface area contributed by atoms with E-state index in [1.165, 1.54) is 32.1 Å². The maximum absolute atomic E-state index is 6.10. The SMILES string of the molecule is CCNC(c1ccco1)C(OCC)C1CCCCC1. The fraction of sp³-hybridized carbons (Fsp3) is 0.750. The van der Waals surface area contributed by atoms with Crippen molar-refractivity contribution in [3.05, 3.63) is 24.2 Å². The van der Waals surface area contributed by atoms with Gasteiger partial charge in [0.1, 0.15) is 5.76 Å². The zero-order valence-corrected chi connectivity index (χ0v) is 12.2. The molecule has 1 heterocycles. The first kappa shape index (κ1) is 14.6. The first-order valence-corrected chi connectivity index (χ1v) is 7.75. The number of rotatable bonds is 7. The summed E-state index contributed by atoms with van der Waals surface area (Å²) < 4.78 is 11.7. The Morgan fingerprint density at radius 1 is 1.32 bits per heavy atom. The van der Waals surface area contributed by atoms with Gasteiger partial charge in [-0.25, -0.2) is 0 Å². The van der Waals surface area contributed by atoms with Crippen LogP contribution in [0.2, 0.25) is 0 Å². The van der Waals surface area contributed by atoms with Gasteiger partial charge in [-0.15, -0.1) is 0 Å². The monoisotopic (exact) mass is 265 g/mol. The lowest BCUT2D eigenvalue weighted by Crippen LogP contribution is -2.39. The molecule has 1 saturated carbocycles. The van der Waals surface area contributed by atoms with Gasteiger partial charge in [0.25, 0.3) is 0 Å². The molecule has 1 fully saturated rings. The summed E-state index contributed by atoms with van der Waals surface area (Å²) >= 11 is 0. The van der Waals surface area contributed by atoms with E-state index in [2.05, 4.69) is 25.2 Å². The molecule has 3 heteroatoms. The van der Waals surface area contributed by atoms with Crippen molar-refractivity contribution in [1.82, 2.24) is 5.32 Å². The van der Waals surface area contributed by atoms with Gasteiger partial charge in [0, 0.05) is 6.61 Å². The zero-order valence-electron chi connectivity index (χ0n) is 12.2. The van der Waals surface area contributed by atoms with Gasteiger partial charge in [0.2, 0.25) is 0 Å². The third-order valence-corrected chi connectivity index (χ3v) is 4.08. The molecular weight excluding hydrogens is 238 g/mol. The Morgan fingerprint density at radius 3 is 2.68 bits per heavy atom. The average molecular weight is 265 g/mol. The van der Waals surface area contributed by atoms with E-state index >= 15 is 0 Å². The van der Waals surface area contributed by atoms with E-state index in [1.807, 2.05) is 6.07 Å². The standard InChI is InChI=1S/C16H27NO2/c1-3-17-15(14-11-8-12-19-14)16(18-4-2)13-9-6-5-7-10-13/h8,11-13,15-17H,3-7,9-10H2,1-2H3. The van der Waals surface area contributed by atoms with Crippen LogP contribution < -0.4 is 5.32 Å². The smallest absolute Gasteiger partial charge is 0.123 e. The maximum Gasteiger partial charge on any atom is 0.123 e. The van der Waals surface area contributed by atoms with Crippen LogP contribution in [0.3, 0.4) is 0 Å². The molecule has 0 saturated heterocycles. The number of ether oxygens (including phenoxy) is 1. The lowest BCUT2D eigenvalue weighted by molar-refractivity contribution is -0.0224. The topological polar surface area (TPSA) is 34.4 Å². The van der Waals surface area contributed by atoms with E-state index in [0.717, 1.165) is 18.9 Å². The minimum Gasteiger partial charge on any atom is -0.468 e. The van der Waals surface area contributed by atoms with Crippen LogP contribution in [0.5, 0.6) is 0 Å². The second kappa shape index (κ2) is 7.71. The summed E-state index contributed by atoms with van der Waals surface area (Å²) in [6.07, 6.45) is 8.61. The fourth-order valence-corrected chi connectivity index (χ4v) is 3.23. The highest BCUT2D eigenvalue weighted by molar-refractivity contribution is 5.07. The average Bonchev–Trinajstić information content (AvgIpc) is 2.97. The lowest BCUT2D eigenvalue weighted by Gasteiger charge is -2.35. The van der Waals surface area contributed by atoms with Crippen LogP contribution in [-0.4, -0.2) is 19.3 Å². The molecule has 2 atom stereocenters. The summed E-state index contributed by atoms with van der Waals surface area (Å²) in [4.78, 5) is 0. The quantitative estimate of drug-likeness (QED) is 0.811. The van der Waals surface area contributed by atoms with Gasteiger partial charge in [-0.3, -0.25) is 0 Å². The summed E-state index contributed by atoms with van der Waals surface area (Å²) in [6.45, 7) is 5.92. The van der Waals surface area contributed by atoms with Gasteiger partial charge in [0.05, 0.1) is 18.4 Å². The van der Waals surface area contributed by atoms with Crippen molar-refractivity contribution in [2.24, 2.45) is 5.92 Å². The Kier molecular flexibility index (Phi) is 5.93. The molecule has 2 unspecified atom stereocenters. The normalized spacial score (nSPS) is 20.3. The van der Waals surface area contributed by atoms with Crippen molar-refractivity contribution < 1.29 is 9.15 Å². The molecule has 2 rings (SSSR count). The van der Waals surface area contributed by atoms with E-state index in [4.69, 9.17) is 9.15 Å². The highest BCUT2D eigenvalue weighted by Crippen LogP contribution is 2.34. The summed E-state index contributed by atoms with van der Waals surface area (Å²) in [5.74, 6) is 1.66. The highest BCUT2D eigenvalue weighted by Gasteiger charge is 2.33. The number of nitrogens with one attached hydrogen (secondary N) is 1. The summed E-state index contributed by atoms with van der Waals surface area (Å²) in [7, 11) is 0. The molecule has 108 valence electrons. The number of hydrogen-bond donors (Lipinski definition) is 1. The number of likely N-dealkylation sites (N-methyl/N-ethyl adjacent to an activating group) is 1. The van der Waals surface area contributed by atoms with Crippen LogP contribution in [0.4, 0.5) is 0 Å². The van der Waals surface area contributed by atoms with Gasteiger partial charge in [-0.05, 0) is 44.4 Å². The molecule has 19 heavy (non-hydrogen) atoms. The van der Waals surface area contributed by atoms with Crippen molar-refractivity contribution in [2.45, 2.75) is 58.1 Å². The Morgan fingerprint density at radius 2 is 2.11 bits per heavy atom. The number of hydrogen-bond acceptors (Lipinski definition) is 3. The number of furan rings is 1. The minimum atomic E-state index is 0.183. The van der Waals surface area contributed by atoms with Crippen LogP contribution in [0.15, 0.2) is 22.8 Å². The van der Waals surface area contributed by atoms with Gasteiger partial charge < -0.3 is 14.5 Å². The Balaban J connectivity index is 2.13. The molecule has 1 aliphatic rings. The van der Waals surface area contributed by atoms with Crippen molar-refractivity contribution in [3.63, 3.8) is 0 Å². The highest BCUT2D eigenvalue weighted by atomic mass is 16.5. The molecule has 1 aromatic rings. The molecule has 1 aliphatic carbocycles. The molecule has 0 spiro atoms. The first-order chi connectivity index (χ1) is 9.36. The molecular formula is C16H27NO2. The van der Waals surface area contributed by atoms with E-state index in [1.54, 1.807) is 6.26 Å². The summed E-state index contributed by atoms with van der Waals surface area (Å²) in [5.41, 5.74) is 0. The Bertz CT molecular complexity index is 331. The predicted molar refractivity (Wildman–Crippen MR) is 77.1 cm³/mol. The summed E-state index contributed by atoms with van der Waals surface area (Å²) in [6, 6.07) is 4.20.